The van der Waals surface area contributed by atoms with Gasteiger partial charge in [-0.25, -0.2) is 9.97 Å². The highest BCUT2D eigenvalue weighted by molar-refractivity contribution is 6.05. The van der Waals surface area contributed by atoms with Crippen molar-refractivity contribution in [1.29, 1.82) is 5.26 Å². The Kier molecular flexibility index (Phi) is 8.72. The summed E-state index contributed by atoms with van der Waals surface area (Å²) in [5.41, 5.74) is 2.19. The van der Waals surface area contributed by atoms with Gasteiger partial charge in [0.25, 0.3) is 5.91 Å². The molecule has 1 aliphatic carbocycles. The molecule has 2 aromatic carbocycles. The minimum Gasteiger partial charge on any atom is -0.492 e. The number of aliphatic hydroxyl groups is 1. The van der Waals surface area contributed by atoms with Crippen LogP contribution in [0.25, 0.3) is 10.9 Å². The minimum atomic E-state index is -1.24. The number of carbonyl (C=O) groups is 3. The molecule has 13 heteroatoms. The molecule has 4 heterocycles. The van der Waals surface area contributed by atoms with Crippen LogP contribution < -0.4 is 15.4 Å². The van der Waals surface area contributed by atoms with Crippen molar-refractivity contribution < 1.29 is 24.2 Å². The first-order chi connectivity index (χ1) is 22.9. The number of aliphatic hydroxyl groups excluding tert-OH is 1. The van der Waals surface area contributed by atoms with E-state index in [-0.39, 0.29) is 18.7 Å². The first kappa shape index (κ1) is 31.0. The molecule has 2 unspecified atom stereocenters. The van der Waals surface area contributed by atoms with Crippen LogP contribution in [0.2, 0.25) is 0 Å². The van der Waals surface area contributed by atoms with E-state index < -0.39 is 24.1 Å². The Morgan fingerprint density at radius 2 is 1.81 bits per heavy atom. The number of fused-ring (bicyclic) bond motifs is 2. The summed E-state index contributed by atoms with van der Waals surface area (Å²) in [6, 6.07) is 12.8. The highest BCUT2D eigenvalue weighted by Crippen LogP contribution is 2.37. The van der Waals surface area contributed by atoms with Crippen molar-refractivity contribution in [1.82, 2.24) is 30.0 Å². The van der Waals surface area contributed by atoms with Gasteiger partial charge < -0.3 is 15.2 Å². The van der Waals surface area contributed by atoms with Crippen molar-refractivity contribution in [3.63, 3.8) is 0 Å². The molecule has 4 aliphatic rings. The van der Waals surface area contributed by atoms with Gasteiger partial charge in [0.2, 0.25) is 11.8 Å². The molecular formula is C34H38N8O5. The van der Waals surface area contributed by atoms with Crippen molar-refractivity contribution in [2.75, 3.05) is 44.6 Å². The molecule has 244 valence electrons. The molecule has 3 aliphatic heterocycles. The Morgan fingerprint density at radius 1 is 1.00 bits per heavy atom. The Bertz CT molecular complexity index is 1730. The van der Waals surface area contributed by atoms with Crippen molar-refractivity contribution in [3.05, 3.63) is 59.4 Å². The van der Waals surface area contributed by atoms with Gasteiger partial charge in [-0.15, -0.1) is 0 Å². The van der Waals surface area contributed by atoms with Gasteiger partial charge in [-0.1, -0.05) is 6.07 Å². The second-order valence-corrected chi connectivity index (χ2v) is 12.7. The number of rotatable bonds is 8. The lowest BCUT2D eigenvalue weighted by Gasteiger charge is -2.42. The van der Waals surface area contributed by atoms with E-state index in [0.717, 1.165) is 80.0 Å². The first-order valence-corrected chi connectivity index (χ1v) is 16.4. The van der Waals surface area contributed by atoms with E-state index in [9.17, 15) is 24.8 Å². The van der Waals surface area contributed by atoms with Crippen LogP contribution in [0.3, 0.4) is 0 Å². The van der Waals surface area contributed by atoms with E-state index >= 15 is 0 Å². The molecule has 13 nitrogen and oxygen atoms in total. The molecule has 3 N–H and O–H groups in total. The zero-order valence-corrected chi connectivity index (χ0v) is 26.1. The maximum absolute atomic E-state index is 13.2. The second-order valence-electron chi connectivity index (χ2n) is 12.7. The van der Waals surface area contributed by atoms with Crippen LogP contribution in [0, 0.1) is 11.3 Å². The summed E-state index contributed by atoms with van der Waals surface area (Å²) < 4.78 is 6.01. The van der Waals surface area contributed by atoms with Crippen LogP contribution in [0.4, 0.5) is 5.82 Å². The molecule has 2 atom stereocenters. The minimum absolute atomic E-state index is 0.124. The van der Waals surface area contributed by atoms with Gasteiger partial charge in [-0.05, 0) is 62.4 Å². The molecule has 1 saturated carbocycles. The van der Waals surface area contributed by atoms with E-state index in [4.69, 9.17) is 4.74 Å². The number of nitrogens with zero attached hydrogens (tertiary/aromatic N) is 6. The summed E-state index contributed by atoms with van der Waals surface area (Å²) in [5, 5.41) is 26.9. The number of hydrogen-bond donors (Lipinski definition) is 3. The number of nitriles is 1. The van der Waals surface area contributed by atoms with Gasteiger partial charge >= 0.3 is 0 Å². The number of hydrogen-bond acceptors (Lipinski definition) is 11. The normalized spacial score (nSPS) is 25.4. The monoisotopic (exact) mass is 638 g/mol. The van der Waals surface area contributed by atoms with Gasteiger partial charge in [-0.2, -0.15) is 5.26 Å². The number of aromatic nitrogens is 2. The maximum Gasteiger partial charge on any atom is 0.257 e. The van der Waals surface area contributed by atoms with Crippen molar-refractivity contribution in [2.45, 2.75) is 62.9 Å². The fraction of sp³-hybridized carbons (Fsp3) is 0.471. The number of nitrogens with one attached hydrogen (secondary N) is 2. The van der Waals surface area contributed by atoms with Gasteiger partial charge in [0.15, 0.2) is 6.23 Å². The maximum atomic E-state index is 13.2. The highest BCUT2D eigenvalue weighted by Gasteiger charge is 2.44. The molecule has 0 radical (unpaired) electrons. The first-order valence-electron chi connectivity index (χ1n) is 16.4. The summed E-state index contributed by atoms with van der Waals surface area (Å²) in [6.07, 6.45) is 5.02. The fourth-order valence-electron chi connectivity index (χ4n) is 7.36. The lowest BCUT2D eigenvalue weighted by Crippen LogP contribution is -2.53. The summed E-state index contributed by atoms with van der Waals surface area (Å²) in [7, 11) is 0. The fourth-order valence-corrected chi connectivity index (χ4v) is 7.36. The van der Waals surface area contributed by atoms with Crippen LogP contribution >= 0.6 is 0 Å². The summed E-state index contributed by atoms with van der Waals surface area (Å²) in [5.74, 6) is -0.0373. The third-order valence-corrected chi connectivity index (χ3v) is 9.98. The third-order valence-electron chi connectivity index (χ3n) is 9.98. The van der Waals surface area contributed by atoms with Crippen molar-refractivity contribution >= 4 is 34.4 Å². The average molecular weight is 639 g/mol. The van der Waals surface area contributed by atoms with Crippen LogP contribution in [-0.4, -0.2) is 105 Å². The number of carbonyl (C=O) groups excluding carboxylic acids is 3. The molecule has 3 aromatic rings. The quantitative estimate of drug-likeness (QED) is 0.310. The number of anilines is 1. The topological polar surface area (TPSA) is 164 Å². The molecule has 3 amide bonds. The van der Waals surface area contributed by atoms with Crippen molar-refractivity contribution in [2.24, 2.45) is 0 Å². The summed E-state index contributed by atoms with van der Waals surface area (Å²) >= 11 is 0. The van der Waals surface area contributed by atoms with Gasteiger partial charge in [0.05, 0.1) is 22.7 Å². The van der Waals surface area contributed by atoms with Crippen LogP contribution in [0.1, 0.15) is 66.2 Å². The van der Waals surface area contributed by atoms with Gasteiger partial charge in [-0.3, -0.25) is 34.4 Å². The zero-order chi connectivity index (χ0) is 32.5. The van der Waals surface area contributed by atoms with Crippen LogP contribution in [0.15, 0.2) is 42.7 Å². The van der Waals surface area contributed by atoms with Gasteiger partial charge in [0, 0.05) is 62.2 Å². The number of amides is 3. The van der Waals surface area contributed by atoms with Crippen LogP contribution in [-0.2, 0) is 9.59 Å². The summed E-state index contributed by atoms with van der Waals surface area (Å²) in [6.45, 7) is 5.18. The number of ether oxygens (including phenoxy) is 1. The third kappa shape index (κ3) is 6.36. The van der Waals surface area contributed by atoms with E-state index in [1.807, 2.05) is 12.1 Å². The Morgan fingerprint density at radius 3 is 2.57 bits per heavy atom. The average Bonchev–Trinajstić information content (AvgIpc) is 3.33. The number of piperidine rings is 1. The molecule has 0 spiro atoms. The molecule has 0 bridgehead atoms. The Hall–Kier alpha value is -4.64. The van der Waals surface area contributed by atoms with E-state index in [2.05, 4.69) is 36.5 Å². The lowest BCUT2D eigenvalue weighted by molar-refractivity contribution is -0.139. The molecule has 1 aromatic heterocycles. The van der Waals surface area contributed by atoms with Crippen LogP contribution in [0.5, 0.6) is 5.75 Å². The van der Waals surface area contributed by atoms with E-state index in [1.54, 1.807) is 30.6 Å². The van der Waals surface area contributed by atoms with Gasteiger partial charge in [0.1, 0.15) is 30.5 Å². The number of imide groups is 1. The SMILES string of the molecule is N#Cc1ccc2ncnc(NC3CCC(N4CCN(CCOc5ccc6c(c5)C(=O)N(C5CCC(=O)NC5=O)C6O)CC4)CC3)c2c1. The predicted molar refractivity (Wildman–Crippen MR) is 171 cm³/mol. The Balaban J connectivity index is 0.852. The Labute approximate surface area is 272 Å². The smallest absolute Gasteiger partial charge is 0.257 e. The van der Waals surface area contributed by atoms with Crippen molar-refractivity contribution in [3.8, 4) is 11.8 Å². The standard InChI is InChI=1S/C34H38N8O5/c35-19-21-1-8-28-27(17-21)31(37-20-36-28)38-22-2-4-23(5-3-22)41-13-11-40(12-14-41)15-16-47-24-6-7-25-26(18-24)34(46)42(33(25)45)29-9-10-30(43)39-32(29)44/h1,6-8,17-18,20,22-23,29,33,45H,2-5,9-16H2,(H,36,37,38)(H,39,43,44). The van der Waals surface area contributed by atoms with E-state index in [1.165, 1.54) is 0 Å². The van der Waals surface area contributed by atoms with E-state index in [0.29, 0.717) is 41.1 Å². The zero-order valence-electron chi connectivity index (χ0n) is 26.1. The predicted octanol–water partition coefficient (Wildman–Crippen LogP) is 2.17. The molecular weight excluding hydrogens is 600 g/mol. The molecule has 2 saturated heterocycles. The largest absolute Gasteiger partial charge is 0.492 e. The number of piperazine rings is 1. The molecule has 7 rings (SSSR count). The lowest BCUT2D eigenvalue weighted by atomic mass is 9.89. The molecule has 3 fully saturated rings. The summed E-state index contributed by atoms with van der Waals surface area (Å²) in [4.78, 5) is 52.0. The molecule has 47 heavy (non-hydrogen) atoms. The second kappa shape index (κ2) is 13.2. The highest BCUT2D eigenvalue weighted by atomic mass is 16.5. The number of benzene rings is 2.